The summed E-state index contributed by atoms with van der Waals surface area (Å²) in [6.45, 7) is 1.58. The number of nitrogens with one attached hydrogen (secondary N) is 1. The number of para-hydroxylation sites is 1. The molecule has 1 aliphatic heterocycles. The third-order valence-electron chi connectivity index (χ3n) is 3.68. The molecule has 0 aromatic heterocycles. The summed E-state index contributed by atoms with van der Waals surface area (Å²) in [5.41, 5.74) is 4.90. The molecule has 0 unspecified atom stereocenters. The minimum atomic E-state index is 0.782. The molecular formula is C17H19NO2. The summed E-state index contributed by atoms with van der Waals surface area (Å²) in [6.07, 6.45) is 1.00. The van der Waals surface area contributed by atoms with Gasteiger partial charge in [-0.05, 0) is 35.9 Å². The van der Waals surface area contributed by atoms with Gasteiger partial charge in [0.1, 0.15) is 11.5 Å². The van der Waals surface area contributed by atoms with Crippen LogP contribution in [0.1, 0.15) is 11.1 Å². The van der Waals surface area contributed by atoms with Gasteiger partial charge in [-0.3, -0.25) is 0 Å². The second-order valence-corrected chi connectivity index (χ2v) is 4.95. The standard InChI is InChI=1S/C17H19NO2/c1-18-11-13-10-14(19-2)6-7-15(13)16-5-3-4-12-8-9-20-17(12)16/h3-7,10,18H,8-9,11H2,1-2H3. The Morgan fingerprint density at radius 3 is 2.90 bits per heavy atom. The number of rotatable bonds is 4. The van der Waals surface area contributed by atoms with E-state index in [0.717, 1.165) is 31.1 Å². The Labute approximate surface area is 119 Å². The molecule has 0 fully saturated rings. The predicted molar refractivity (Wildman–Crippen MR) is 80.4 cm³/mol. The van der Waals surface area contributed by atoms with Crippen molar-refractivity contribution >= 4 is 0 Å². The van der Waals surface area contributed by atoms with Gasteiger partial charge in [0.25, 0.3) is 0 Å². The van der Waals surface area contributed by atoms with Crippen molar-refractivity contribution in [3.63, 3.8) is 0 Å². The van der Waals surface area contributed by atoms with Gasteiger partial charge in [0.15, 0.2) is 0 Å². The van der Waals surface area contributed by atoms with Crippen molar-refractivity contribution in [2.75, 3.05) is 20.8 Å². The van der Waals surface area contributed by atoms with Crippen molar-refractivity contribution in [2.45, 2.75) is 13.0 Å². The highest BCUT2D eigenvalue weighted by atomic mass is 16.5. The van der Waals surface area contributed by atoms with Crippen molar-refractivity contribution in [1.29, 1.82) is 0 Å². The molecule has 20 heavy (non-hydrogen) atoms. The van der Waals surface area contributed by atoms with E-state index in [-0.39, 0.29) is 0 Å². The largest absolute Gasteiger partial charge is 0.497 e. The first-order chi connectivity index (χ1) is 9.83. The Morgan fingerprint density at radius 2 is 2.10 bits per heavy atom. The van der Waals surface area contributed by atoms with Crippen molar-refractivity contribution in [3.8, 4) is 22.6 Å². The van der Waals surface area contributed by atoms with Crippen LogP contribution in [0.5, 0.6) is 11.5 Å². The number of ether oxygens (including phenoxy) is 2. The molecule has 1 N–H and O–H groups in total. The van der Waals surface area contributed by atoms with Crippen LogP contribution < -0.4 is 14.8 Å². The fourth-order valence-corrected chi connectivity index (χ4v) is 2.72. The van der Waals surface area contributed by atoms with E-state index < -0.39 is 0 Å². The average Bonchev–Trinajstić information content (AvgIpc) is 2.96. The molecule has 3 rings (SSSR count). The van der Waals surface area contributed by atoms with Gasteiger partial charge in [0.05, 0.1) is 13.7 Å². The van der Waals surface area contributed by atoms with Gasteiger partial charge >= 0.3 is 0 Å². The minimum Gasteiger partial charge on any atom is -0.497 e. The molecule has 2 aromatic carbocycles. The van der Waals surface area contributed by atoms with E-state index in [0.29, 0.717) is 0 Å². The van der Waals surface area contributed by atoms with E-state index in [1.165, 1.54) is 22.3 Å². The molecule has 104 valence electrons. The number of hydrogen-bond donors (Lipinski definition) is 1. The van der Waals surface area contributed by atoms with Crippen LogP contribution in [-0.4, -0.2) is 20.8 Å². The average molecular weight is 269 g/mol. The molecule has 0 atom stereocenters. The normalized spacial score (nSPS) is 12.9. The second-order valence-electron chi connectivity index (χ2n) is 4.95. The first-order valence-electron chi connectivity index (χ1n) is 6.90. The molecule has 2 aromatic rings. The quantitative estimate of drug-likeness (QED) is 0.925. The van der Waals surface area contributed by atoms with Gasteiger partial charge in [0, 0.05) is 18.5 Å². The molecule has 3 heteroatoms. The van der Waals surface area contributed by atoms with Gasteiger partial charge in [-0.15, -0.1) is 0 Å². The van der Waals surface area contributed by atoms with Crippen LogP contribution in [0.2, 0.25) is 0 Å². The zero-order valence-corrected chi connectivity index (χ0v) is 11.9. The molecule has 3 nitrogen and oxygen atoms in total. The van der Waals surface area contributed by atoms with E-state index in [2.05, 4.69) is 35.6 Å². The fourth-order valence-electron chi connectivity index (χ4n) is 2.72. The molecule has 0 saturated carbocycles. The number of hydrogen-bond acceptors (Lipinski definition) is 3. The Morgan fingerprint density at radius 1 is 1.20 bits per heavy atom. The summed E-state index contributed by atoms with van der Waals surface area (Å²) in [5.74, 6) is 1.92. The second kappa shape index (κ2) is 5.55. The third kappa shape index (κ3) is 2.25. The molecular weight excluding hydrogens is 250 g/mol. The number of benzene rings is 2. The van der Waals surface area contributed by atoms with Crippen molar-refractivity contribution in [1.82, 2.24) is 5.32 Å². The number of fused-ring (bicyclic) bond motifs is 1. The van der Waals surface area contributed by atoms with E-state index in [1.54, 1.807) is 7.11 Å². The maximum Gasteiger partial charge on any atom is 0.130 e. The lowest BCUT2D eigenvalue weighted by molar-refractivity contribution is 0.358. The van der Waals surface area contributed by atoms with Crippen LogP contribution in [-0.2, 0) is 13.0 Å². The van der Waals surface area contributed by atoms with Gasteiger partial charge in [0.2, 0.25) is 0 Å². The lowest BCUT2D eigenvalue weighted by Crippen LogP contribution is -2.07. The van der Waals surface area contributed by atoms with E-state index in [1.807, 2.05) is 13.1 Å². The van der Waals surface area contributed by atoms with Gasteiger partial charge in [-0.1, -0.05) is 24.3 Å². The Kier molecular flexibility index (Phi) is 3.61. The van der Waals surface area contributed by atoms with Crippen molar-refractivity contribution in [2.24, 2.45) is 0 Å². The molecule has 0 saturated heterocycles. The highest BCUT2D eigenvalue weighted by molar-refractivity contribution is 5.76. The summed E-state index contributed by atoms with van der Waals surface area (Å²) >= 11 is 0. The first kappa shape index (κ1) is 13.0. The van der Waals surface area contributed by atoms with Gasteiger partial charge in [-0.25, -0.2) is 0 Å². The smallest absolute Gasteiger partial charge is 0.130 e. The molecule has 0 aliphatic carbocycles. The first-order valence-corrected chi connectivity index (χ1v) is 6.90. The van der Waals surface area contributed by atoms with E-state index in [4.69, 9.17) is 9.47 Å². The maximum atomic E-state index is 5.82. The van der Waals surface area contributed by atoms with Crippen LogP contribution in [0.3, 0.4) is 0 Å². The summed E-state index contributed by atoms with van der Waals surface area (Å²) in [7, 11) is 3.65. The van der Waals surface area contributed by atoms with Gasteiger partial charge in [-0.2, -0.15) is 0 Å². The lowest BCUT2D eigenvalue weighted by atomic mass is 9.96. The molecule has 1 heterocycles. The molecule has 0 bridgehead atoms. The van der Waals surface area contributed by atoms with Crippen LogP contribution in [0.4, 0.5) is 0 Å². The van der Waals surface area contributed by atoms with Crippen LogP contribution >= 0.6 is 0 Å². The summed E-state index contributed by atoms with van der Waals surface area (Å²) in [4.78, 5) is 0. The molecule has 0 amide bonds. The zero-order valence-electron chi connectivity index (χ0n) is 11.9. The van der Waals surface area contributed by atoms with Crippen LogP contribution in [0, 0.1) is 0 Å². The third-order valence-corrected chi connectivity index (χ3v) is 3.68. The Bertz CT molecular complexity index is 622. The Balaban J connectivity index is 2.12. The monoisotopic (exact) mass is 269 g/mol. The predicted octanol–water partition coefficient (Wildman–Crippen LogP) is 3.02. The van der Waals surface area contributed by atoms with Crippen LogP contribution in [0.25, 0.3) is 11.1 Å². The highest BCUT2D eigenvalue weighted by Crippen LogP contribution is 2.39. The van der Waals surface area contributed by atoms with Gasteiger partial charge < -0.3 is 14.8 Å². The summed E-state index contributed by atoms with van der Waals surface area (Å²) in [6, 6.07) is 12.6. The lowest BCUT2D eigenvalue weighted by Gasteiger charge is -2.14. The topological polar surface area (TPSA) is 30.5 Å². The van der Waals surface area contributed by atoms with Crippen molar-refractivity contribution in [3.05, 3.63) is 47.5 Å². The zero-order chi connectivity index (χ0) is 13.9. The Hall–Kier alpha value is -2.00. The van der Waals surface area contributed by atoms with E-state index in [9.17, 15) is 0 Å². The molecule has 1 aliphatic rings. The minimum absolute atomic E-state index is 0.782. The number of methoxy groups -OCH3 is 1. The summed E-state index contributed by atoms with van der Waals surface area (Å²) < 4.78 is 11.1. The SMILES string of the molecule is CNCc1cc(OC)ccc1-c1cccc2c1OCC2. The van der Waals surface area contributed by atoms with E-state index >= 15 is 0 Å². The highest BCUT2D eigenvalue weighted by Gasteiger charge is 2.18. The molecule has 0 spiro atoms. The fraction of sp³-hybridized carbons (Fsp3) is 0.294. The van der Waals surface area contributed by atoms with Crippen molar-refractivity contribution < 1.29 is 9.47 Å². The maximum absolute atomic E-state index is 5.82. The molecule has 0 radical (unpaired) electrons. The van der Waals surface area contributed by atoms with Crippen LogP contribution in [0.15, 0.2) is 36.4 Å². The summed E-state index contributed by atoms with van der Waals surface area (Å²) in [5, 5.41) is 3.22.